The van der Waals surface area contributed by atoms with Crippen LogP contribution in [-0.4, -0.2) is 72.7 Å². The molecule has 0 aromatic heterocycles. The number of rotatable bonds is 9. The number of β-amino-alcohol motifs (C(OH)–C–C–N with tert-alkyl or cyclic N) is 1. The van der Waals surface area contributed by atoms with Crippen molar-refractivity contribution in [2.45, 2.75) is 39.2 Å². The molecule has 1 aliphatic heterocycles. The average molecular weight is 271 g/mol. The van der Waals surface area contributed by atoms with Crippen LogP contribution in [0.15, 0.2) is 0 Å². The van der Waals surface area contributed by atoms with Gasteiger partial charge in [0.2, 0.25) is 5.91 Å². The number of amides is 1. The number of hydrogen-bond acceptors (Lipinski definition) is 4. The molecule has 1 amide bonds. The van der Waals surface area contributed by atoms with Crippen LogP contribution in [0.25, 0.3) is 0 Å². The van der Waals surface area contributed by atoms with Crippen molar-refractivity contribution in [2.24, 2.45) is 0 Å². The number of nitrogens with zero attached hydrogens (tertiary/aromatic N) is 2. The molecule has 1 aliphatic rings. The molecule has 0 aromatic rings. The van der Waals surface area contributed by atoms with E-state index < -0.39 is 0 Å². The number of hydrogen-bond donors (Lipinski definition) is 2. The summed E-state index contributed by atoms with van der Waals surface area (Å²) in [5, 5.41) is 13.0. The molecule has 1 heterocycles. The fourth-order valence-electron chi connectivity index (χ4n) is 2.53. The summed E-state index contributed by atoms with van der Waals surface area (Å²) < 4.78 is 0. The Morgan fingerprint density at radius 2 is 1.95 bits per heavy atom. The van der Waals surface area contributed by atoms with E-state index >= 15 is 0 Å². The molecule has 5 heteroatoms. The van der Waals surface area contributed by atoms with E-state index in [0.29, 0.717) is 19.5 Å². The monoisotopic (exact) mass is 271 g/mol. The zero-order valence-corrected chi connectivity index (χ0v) is 12.4. The maximum absolute atomic E-state index is 11.7. The van der Waals surface area contributed by atoms with Gasteiger partial charge >= 0.3 is 0 Å². The molecule has 1 atom stereocenters. The second kappa shape index (κ2) is 9.28. The second-order valence-corrected chi connectivity index (χ2v) is 5.18. The summed E-state index contributed by atoms with van der Waals surface area (Å²) in [7, 11) is 0. The third-order valence-electron chi connectivity index (χ3n) is 3.68. The van der Waals surface area contributed by atoms with E-state index in [1.165, 1.54) is 12.8 Å². The SMILES string of the molecule is CCN(CC)C(=O)CCNCC(O)CN1CCCC1. The van der Waals surface area contributed by atoms with Gasteiger partial charge in [0.1, 0.15) is 0 Å². The Balaban J connectivity index is 2.04. The molecule has 0 aliphatic carbocycles. The molecule has 5 nitrogen and oxygen atoms in total. The number of carbonyl (C=O) groups excluding carboxylic acids is 1. The summed E-state index contributed by atoms with van der Waals surface area (Å²) >= 11 is 0. The van der Waals surface area contributed by atoms with Crippen molar-refractivity contribution in [2.75, 3.05) is 45.8 Å². The molecule has 2 N–H and O–H groups in total. The van der Waals surface area contributed by atoms with Gasteiger partial charge in [0, 0.05) is 39.1 Å². The molecule has 0 bridgehead atoms. The lowest BCUT2D eigenvalue weighted by Gasteiger charge is -2.20. The lowest BCUT2D eigenvalue weighted by atomic mass is 10.3. The van der Waals surface area contributed by atoms with E-state index in [2.05, 4.69) is 10.2 Å². The number of aliphatic hydroxyl groups is 1. The quantitative estimate of drug-likeness (QED) is 0.592. The van der Waals surface area contributed by atoms with E-state index in [9.17, 15) is 9.90 Å². The van der Waals surface area contributed by atoms with Crippen molar-refractivity contribution in [3.05, 3.63) is 0 Å². The topological polar surface area (TPSA) is 55.8 Å². The summed E-state index contributed by atoms with van der Waals surface area (Å²) in [4.78, 5) is 15.9. The van der Waals surface area contributed by atoms with Gasteiger partial charge in [0.05, 0.1) is 6.10 Å². The van der Waals surface area contributed by atoms with Crippen LogP contribution in [0.3, 0.4) is 0 Å². The Labute approximate surface area is 117 Å². The highest BCUT2D eigenvalue weighted by Gasteiger charge is 2.15. The number of carbonyl (C=O) groups is 1. The molecule has 0 aromatic carbocycles. The van der Waals surface area contributed by atoms with Gasteiger partial charge < -0.3 is 20.2 Å². The zero-order chi connectivity index (χ0) is 14.1. The predicted molar refractivity (Wildman–Crippen MR) is 77.1 cm³/mol. The van der Waals surface area contributed by atoms with Gasteiger partial charge in [-0.25, -0.2) is 0 Å². The van der Waals surface area contributed by atoms with E-state index in [1.807, 2.05) is 18.7 Å². The van der Waals surface area contributed by atoms with Gasteiger partial charge in [-0.15, -0.1) is 0 Å². The first kappa shape index (κ1) is 16.4. The molecular formula is C14H29N3O2. The Kier molecular flexibility index (Phi) is 8.02. The summed E-state index contributed by atoms with van der Waals surface area (Å²) in [6.07, 6.45) is 2.68. The Hall–Kier alpha value is -0.650. The van der Waals surface area contributed by atoms with Crippen LogP contribution in [-0.2, 0) is 4.79 Å². The van der Waals surface area contributed by atoms with Gasteiger partial charge in [0.25, 0.3) is 0 Å². The van der Waals surface area contributed by atoms with Gasteiger partial charge in [-0.1, -0.05) is 0 Å². The Morgan fingerprint density at radius 3 is 2.53 bits per heavy atom. The van der Waals surface area contributed by atoms with E-state index in [0.717, 1.165) is 32.7 Å². The van der Waals surface area contributed by atoms with Crippen LogP contribution in [0.2, 0.25) is 0 Å². The smallest absolute Gasteiger partial charge is 0.223 e. The maximum atomic E-state index is 11.7. The highest BCUT2D eigenvalue weighted by atomic mass is 16.3. The highest BCUT2D eigenvalue weighted by Crippen LogP contribution is 2.07. The maximum Gasteiger partial charge on any atom is 0.223 e. The van der Waals surface area contributed by atoms with Crippen molar-refractivity contribution in [3.8, 4) is 0 Å². The van der Waals surface area contributed by atoms with Crippen molar-refractivity contribution in [1.82, 2.24) is 15.1 Å². The largest absolute Gasteiger partial charge is 0.390 e. The summed E-state index contributed by atoms with van der Waals surface area (Å²) in [6, 6.07) is 0. The van der Waals surface area contributed by atoms with Gasteiger partial charge in [0.15, 0.2) is 0 Å². The molecule has 1 unspecified atom stereocenters. The van der Waals surface area contributed by atoms with Crippen LogP contribution >= 0.6 is 0 Å². The molecule has 112 valence electrons. The third kappa shape index (κ3) is 6.36. The van der Waals surface area contributed by atoms with Crippen LogP contribution in [0, 0.1) is 0 Å². The lowest BCUT2D eigenvalue weighted by molar-refractivity contribution is -0.130. The molecule has 1 fully saturated rings. The molecular weight excluding hydrogens is 242 g/mol. The normalized spacial score (nSPS) is 17.6. The van der Waals surface area contributed by atoms with Crippen LogP contribution in [0.4, 0.5) is 0 Å². The van der Waals surface area contributed by atoms with Crippen LogP contribution < -0.4 is 5.32 Å². The average Bonchev–Trinajstić information content (AvgIpc) is 2.89. The minimum Gasteiger partial charge on any atom is -0.390 e. The number of nitrogens with one attached hydrogen (secondary N) is 1. The van der Waals surface area contributed by atoms with Gasteiger partial charge in [-0.05, 0) is 39.8 Å². The van der Waals surface area contributed by atoms with Crippen LogP contribution in [0.5, 0.6) is 0 Å². The first-order valence-electron chi connectivity index (χ1n) is 7.56. The van der Waals surface area contributed by atoms with E-state index in [1.54, 1.807) is 0 Å². The molecule has 0 radical (unpaired) electrons. The van der Waals surface area contributed by atoms with Crippen LogP contribution in [0.1, 0.15) is 33.1 Å². The summed E-state index contributed by atoms with van der Waals surface area (Å²) in [6.45, 7) is 9.71. The van der Waals surface area contributed by atoms with Gasteiger partial charge in [-0.2, -0.15) is 0 Å². The first-order chi connectivity index (χ1) is 9.17. The fourth-order valence-corrected chi connectivity index (χ4v) is 2.53. The number of aliphatic hydroxyl groups excluding tert-OH is 1. The molecule has 0 spiro atoms. The molecule has 1 rings (SSSR count). The van der Waals surface area contributed by atoms with Crippen molar-refractivity contribution < 1.29 is 9.90 Å². The van der Waals surface area contributed by atoms with Crippen molar-refractivity contribution in [1.29, 1.82) is 0 Å². The zero-order valence-electron chi connectivity index (χ0n) is 12.4. The lowest BCUT2D eigenvalue weighted by Crippen LogP contribution is -2.38. The third-order valence-corrected chi connectivity index (χ3v) is 3.68. The van der Waals surface area contributed by atoms with Crippen molar-refractivity contribution in [3.63, 3.8) is 0 Å². The van der Waals surface area contributed by atoms with Gasteiger partial charge in [-0.3, -0.25) is 4.79 Å². The fraction of sp³-hybridized carbons (Fsp3) is 0.929. The molecule has 19 heavy (non-hydrogen) atoms. The molecule has 1 saturated heterocycles. The predicted octanol–water partition coefficient (Wildman–Crippen LogP) is 0.291. The Morgan fingerprint density at radius 1 is 1.32 bits per heavy atom. The minimum atomic E-state index is -0.332. The summed E-state index contributed by atoms with van der Waals surface area (Å²) in [5.74, 6) is 0.187. The second-order valence-electron chi connectivity index (χ2n) is 5.18. The minimum absolute atomic E-state index is 0.187. The van der Waals surface area contributed by atoms with E-state index in [-0.39, 0.29) is 12.0 Å². The molecule has 0 saturated carbocycles. The standard InChI is InChI=1S/C14H29N3O2/c1-3-17(4-2)14(19)7-8-15-11-13(18)12-16-9-5-6-10-16/h13,15,18H,3-12H2,1-2H3. The number of likely N-dealkylation sites (tertiary alicyclic amines) is 1. The Bertz CT molecular complexity index is 251. The summed E-state index contributed by atoms with van der Waals surface area (Å²) in [5.41, 5.74) is 0. The highest BCUT2D eigenvalue weighted by molar-refractivity contribution is 5.76. The van der Waals surface area contributed by atoms with Crippen molar-refractivity contribution >= 4 is 5.91 Å². The van der Waals surface area contributed by atoms with E-state index in [4.69, 9.17) is 0 Å². The first-order valence-corrected chi connectivity index (χ1v) is 7.56.